The Morgan fingerprint density at radius 2 is 1.41 bits per heavy atom. The lowest BCUT2D eigenvalue weighted by molar-refractivity contribution is -0.367. The van der Waals surface area contributed by atoms with Gasteiger partial charge in [0.15, 0.2) is 12.2 Å². The average Bonchev–Trinajstić information content (AvgIpc) is 3.03. The van der Waals surface area contributed by atoms with E-state index in [9.17, 15) is 24.3 Å². The number of esters is 3. The monoisotopic (exact) mass is 744 g/mol. The maximum absolute atomic E-state index is 12.5. The van der Waals surface area contributed by atoms with Crippen molar-refractivity contribution in [2.24, 2.45) is 0 Å². The Bertz CT molecular complexity index is 1610. The third-order valence-electron chi connectivity index (χ3n) is 9.35. The summed E-state index contributed by atoms with van der Waals surface area (Å²) in [6.45, 7) is 16.4. The van der Waals surface area contributed by atoms with Crippen LogP contribution in [0, 0.1) is 11.5 Å². The number of rotatable bonds is 12. The molecular weight excluding hydrogens is 696 g/mol. The van der Waals surface area contributed by atoms with Crippen molar-refractivity contribution in [3.05, 3.63) is 69.7 Å². The molecule has 0 aliphatic carbocycles. The van der Waals surface area contributed by atoms with Crippen molar-refractivity contribution in [2.75, 3.05) is 13.7 Å². The van der Waals surface area contributed by atoms with Crippen molar-refractivity contribution in [1.82, 2.24) is 0 Å². The fourth-order valence-corrected chi connectivity index (χ4v) is 12.6. The van der Waals surface area contributed by atoms with Gasteiger partial charge < -0.3 is 33.5 Å². The molecule has 278 valence electrons. The minimum absolute atomic E-state index is 0.300. The van der Waals surface area contributed by atoms with Crippen LogP contribution in [-0.4, -0.2) is 75.4 Å². The number of ether oxygens (including phenoxy) is 6. The normalized spacial score (nSPS) is 21.8. The lowest BCUT2D eigenvalue weighted by Gasteiger charge is -2.50. The molecule has 0 aromatic heterocycles. The van der Waals surface area contributed by atoms with Gasteiger partial charge in [0.1, 0.15) is 20.8 Å². The summed E-state index contributed by atoms with van der Waals surface area (Å²) in [6, 6.07) is 12.9. The summed E-state index contributed by atoms with van der Waals surface area (Å²) in [7, 11) is -0.624. The van der Waals surface area contributed by atoms with E-state index < -0.39 is 68.9 Å². The highest BCUT2D eigenvalue weighted by Crippen LogP contribution is 2.44. The van der Waals surface area contributed by atoms with E-state index in [0.717, 1.165) is 31.9 Å². The third kappa shape index (κ3) is 9.71. The van der Waals surface area contributed by atoms with Gasteiger partial charge in [-0.3, -0.25) is 14.4 Å². The van der Waals surface area contributed by atoms with Crippen molar-refractivity contribution in [2.45, 2.75) is 116 Å². The van der Waals surface area contributed by atoms with Gasteiger partial charge >= 0.3 is 24.1 Å². The summed E-state index contributed by atoms with van der Waals surface area (Å²) < 4.78 is 33.8. The summed E-state index contributed by atoms with van der Waals surface area (Å²) in [4.78, 5) is 48.4. The van der Waals surface area contributed by atoms with Crippen LogP contribution in [0.25, 0.3) is 0 Å². The van der Waals surface area contributed by atoms with Crippen LogP contribution in [0.5, 0.6) is 0 Å². The van der Waals surface area contributed by atoms with E-state index in [1.54, 1.807) is 18.2 Å². The van der Waals surface area contributed by atoms with Gasteiger partial charge in [0.25, 0.3) is 0 Å². The zero-order valence-electron chi connectivity index (χ0n) is 30.9. The number of methoxy groups -OCH3 is 1. The molecule has 2 aromatic rings. The van der Waals surface area contributed by atoms with Crippen LogP contribution in [0.3, 0.4) is 0 Å². The van der Waals surface area contributed by atoms with Crippen molar-refractivity contribution in [1.29, 1.82) is 0 Å². The lowest BCUT2D eigenvalue weighted by Crippen LogP contribution is -2.67. The zero-order chi connectivity index (χ0) is 38.3. The van der Waals surface area contributed by atoms with Crippen LogP contribution in [0.15, 0.2) is 42.5 Å². The second kappa shape index (κ2) is 17.6. The molecule has 0 saturated carbocycles. The van der Waals surface area contributed by atoms with Gasteiger partial charge in [-0.15, -0.1) is 5.54 Å². The van der Waals surface area contributed by atoms with Crippen LogP contribution < -0.4 is 0 Å². The Morgan fingerprint density at radius 3 is 1.90 bits per heavy atom. The summed E-state index contributed by atoms with van der Waals surface area (Å²) in [6.07, 6.45) is -7.07. The van der Waals surface area contributed by atoms with E-state index in [2.05, 4.69) is 53.0 Å². The highest BCUT2D eigenvalue weighted by atomic mass is 35.5. The van der Waals surface area contributed by atoms with Crippen LogP contribution in [-0.2, 0) is 55.0 Å². The molecule has 1 unspecified atom stereocenters. The van der Waals surface area contributed by atoms with Crippen molar-refractivity contribution in [3.8, 4) is 11.5 Å². The Hall–Kier alpha value is -3.89. The third-order valence-corrected chi connectivity index (χ3v) is 16.0. The second-order valence-corrected chi connectivity index (χ2v) is 19.6. The SMILES string of the molecule is COC1(c2ccc(Cl)c(Cc3ccc(C#C[Si](C(C)C)(C(C)C)C(C)C)cc3)c2)O[C@H](COC(=O)O)[C@@H](OC(C)=O)[C@H](OC(C)=O)[C@H]1OC(C)=O. The Morgan fingerprint density at radius 1 is 0.863 bits per heavy atom. The standard InChI is InChI=1S/C38H49ClO11Si/c1-22(2)51(23(3)4,24(5)6)18-17-28-11-13-29(14-12-28)19-30-20-31(15-16-32(30)39)38(45-10)36(49-27(9)42)35(48-26(8)41)34(47-25(7)40)33(50-38)21-46-37(43)44/h11-16,20,22-24,33-36H,19,21H2,1-10H3,(H,43,44)/t33-,34-,35+,36-,38?/m1/s1. The molecule has 1 fully saturated rings. The van der Waals surface area contributed by atoms with Crippen LogP contribution in [0.1, 0.15) is 84.6 Å². The fourth-order valence-electron chi connectivity index (χ4n) is 7.20. The van der Waals surface area contributed by atoms with E-state index in [0.29, 0.717) is 39.2 Å². The summed E-state index contributed by atoms with van der Waals surface area (Å²) in [5.41, 5.74) is 8.11. The number of halogens is 1. The highest BCUT2D eigenvalue weighted by molar-refractivity contribution is 6.90. The summed E-state index contributed by atoms with van der Waals surface area (Å²) in [5, 5.41) is 9.69. The minimum atomic E-state index is -2.01. The van der Waals surface area contributed by atoms with Crippen molar-refractivity contribution in [3.63, 3.8) is 0 Å². The fraction of sp³-hybridized carbons (Fsp3) is 0.526. The molecule has 1 saturated heterocycles. The zero-order valence-corrected chi connectivity index (χ0v) is 32.7. The first-order valence-electron chi connectivity index (χ1n) is 16.9. The number of hydrogen-bond donors (Lipinski definition) is 1. The molecule has 2 aromatic carbocycles. The number of carbonyl (C=O) groups excluding carboxylic acids is 3. The van der Waals surface area contributed by atoms with Gasteiger partial charge in [-0.05, 0) is 58.4 Å². The molecule has 1 aliphatic heterocycles. The Balaban J connectivity index is 2.10. The largest absolute Gasteiger partial charge is 0.505 e. The molecule has 1 N–H and O–H groups in total. The van der Waals surface area contributed by atoms with Gasteiger partial charge in [0.05, 0.1) is 0 Å². The number of hydrogen-bond acceptors (Lipinski definition) is 10. The molecule has 1 heterocycles. The van der Waals surface area contributed by atoms with Crippen molar-refractivity contribution >= 4 is 43.7 Å². The maximum Gasteiger partial charge on any atom is 0.505 e. The van der Waals surface area contributed by atoms with Crippen LogP contribution in [0.4, 0.5) is 4.79 Å². The average molecular weight is 745 g/mol. The molecule has 13 heteroatoms. The predicted molar refractivity (Wildman–Crippen MR) is 193 cm³/mol. The molecule has 1 aliphatic rings. The van der Waals surface area contributed by atoms with E-state index in [4.69, 9.17) is 40.0 Å². The van der Waals surface area contributed by atoms with Gasteiger partial charge in [-0.1, -0.05) is 77.3 Å². The lowest BCUT2D eigenvalue weighted by atomic mass is 9.86. The second-order valence-electron chi connectivity index (χ2n) is 13.6. The molecule has 51 heavy (non-hydrogen) atoms. The first-order chi connectivity index (χ1) is 23.9. The highest BCUT2D eigenvalue weighted by Gasteiger charge is 2.61. The van der Waals surface area contributed by atoms with Gasteiger partial charge in [-0.25, -0.2) is 4.79 Å². The van der Waals surface area contributed by atoms with E-state index >= 15 is 0 Å². The summed E-state index contributed by atoms with van der Waals surface area (Å²) >= 11 is 6.71. The molecule has 0 radical (unpaired) electrons. The number of carbonyl (C=O) groups is 4. The first kappa shape index (κ1) is 41.5. The van der Waals surface area contributed by atoms with Gasteiger partial charge in [0, 0.05) is 44.0 Å². The minimum Gasteiger partial charge on any atom is -0.455 e. The molecule has 0 bridgehead atoms. The smallest absolute Gasteiger partial charge is 0.455 e. The topological polar surface area (TPSA) is 144 Å². The molecule has 5 atom stereocenters. The predicted octanol–water partition coefficient (Wildman–Crippen LogP) is 7.19. The molecule has 11 nitrogen and oxygen atoms in total. The summed E-state index contributed by atoms with van der Waals surface area (Å²) in [5.74, 6) is -0.908. The molecule has 0 spiro atoms. The quantitative estimate of drug-likeness (QED) is 0.102. The molecule has 3 rings (SSSR count). The maximum atomic E-state index is 12.5. The Kier molecular flexibility index (Phi) is 14.3. The van der Waals surface area contributed by atoms with E-state index in [1.807, 2.05) is 24.3 Å². The van der Waals surface area contributed by atoms with E-state index in [1.165, 1.54) is 7.11 Å². The van der Waals surface area contributed by atoms with E-state index in [-0.39, 0.29) is 0 Å². The first-order valence-corrected chi connectivity index (χ1v) is 19.5. The van der Waals surface area contributed by atoms with Crippen LogP contribution in [0.2, 0.25) is 21.6 Å². The number of benzene rings is 2. The molecular formula is C38H49ClO11Si. The van der Waals surface area contributed by atoms with Crippen LogP contribution >= 0.6 is 11.6 Å². The van der Waals surface area contributed by atoms with Gasteiger partial charge in [-0.2, -0.15) is 0 Å². The Labute approximate surface area is 306 Å². The van der Waals surface area contributed by atoms with Gasteiger partial charge in [0.2, 0.25) is 11.9 Å². The van der Waals surface area contributed by atoms with Crippen molar-refractivity contribution < 1.29 is 52.7 Å². The number of carboxylic acid groups (broad SMARTS) is 1. The molecule has 0 amide bonds.